The van der Waals surface area contributed by atoms with Gasteiger partial charge < -0.3 is 9.52 Å². The zero-order valence-electron chi connectivity index (χ0n) is 10.7. The number of aryl methyl sites for hydroxylation is 1. The molecule has 0 spiro atoms. The maximum absolute atomic E-state index is 12.4. The quantitative estimate of drug-likeness (QED) is 0.917. The molecule has 2 rings (SSSR count). The van der Waals surface area contributed by atoms with Crippen LogP contribution in [-0.4, -0.2) is 21.3 Å². The van der Waals surface area contributed by atoms with Crippen molar-refractivity contribution in [1.82, 2.24) is 10.2 Å². The van der Waals surface area contributed by atoms with E-state index < -0.39 is 17.7 Å². The smallest absolute Gasteiger partial charge is 0.416 e. The second-order valence-electron chi connectivity index (χ2n) is 4.32. The highest BCUT2D eigenvalue weighted by Crippen LogP contribution is 2.30. The number of hydrogen-bond donors (Lipinski definition) is 1. The number of rotatable bonds is 5. The molecule has 0 saturated carbocycles. The average Bonchev–Trinajstić information content (AvgIpc) is 2.86. The highest BCUT2D eigenvalue weighted by atomic mass is 19.4. The van der Waals surface area contributed by atoms with Gasteiger partial charge in [-0.2, -0.15) is 13.2 Å². The molecule has 0 aliphatic carbocycles. The Morgan fingerprint density at radius 1 is 1.19 bits per heavy atom. The second kappa shape index (κ2) is 5.94. The highest BCUT2D eigenvalue weighted by molar-refractivity contribution is 5.66. The minimum absolute atomic E-state index is 0.0159. The third-order valence-corrected chi connectivity index (χ3v) is 2.71. The van der Waals surface area contributed by atoms with Crippen LogP contribution in [0, 0.1) is 0 Å². The van der Waals surface area contributed by atoms with Crippen LogP contribution in [0.25, 0.3) is 11.5 Å². The Bertz CT molecular complexity index is 620. The lowest BCUT2D eigenvalue weighted by Gasteiger charge is -2.05. The van der Waals surface area contributed by atoms with Crippen molar-refractivity contribution in [2.45, 2.75) is 25.4 Å². The molecule has 0 radical (unpaired) electrons. The van der Waals surface area contributed by atoms with Gasteiger partial charge in [0.15, 0.2) is 0 Å². The molecule has 1 aromatic carbocycles. The lowest BCUT2D eigenvalue weighted by Crippen LogP contribution is -2.03. The van der Waals surface area contributed by atoms with Crippen molar-refractivity contribution in [2.75, 3.05) is 0 Å². The molecule has 0 bridgehead atoms. The van der Waals surface area contributed by atoms with E-state index in [2.05, 4.69) is 10.2 Å². The Morgan fingerprint density at radius 2 is 1.86 bits per heavy atom. The van der Waals surface area contributed by atoms with Crippen molar-refractivity contribution in [3.05, 3.63) is 35.7 Å². The standard InChI is InChI=1S/C13H11F3N2O3/c14-13(15,16)9-6-4-8(5-7-9)12-18-17-10(21-12)2-1-3-11(19)20/h4-7H,1-3H2,(H,19,20). The SMILES string of the molecule is O=C(O)CCCc1nnc(-c2ccc(C(F)(F)F)cc2)o1. The number of carboxylic acid groups (broad SMARTS) is 1. The van der Waals surface area contributed by atoms with Crippen molar-refractivity contribution in [3.8, 4) is 11.5 Å². The Labute approximate surface area is 117 Å². The van der Waals surface area contributed by atoms with Gasteiger partial charge in [0.25, 0.3) is 0 Å². The van der Waals surface area contributed by atoms with Gasteiger partial charge in [0, 0.05) is 18.4 Å². The summed E-state index contributed by atoms with van der Waals surface area (Å²) in [5.74, 6) is -0.558. The van der Waals surface area contributed by atoms with E-state index in [4.69, 9.17) is 9.52 Å². The molecule has 0 unspecified atom stereocenters. The molecular weight excluding hydrogens is 289 g/mol. The normalized spacial score (nSPS) is 11.6. The van der Waals surface area contributed by atoms with Crippen molar-refractivity contribution in [2.24, 2.45) is 0 Å². The maximum Gasteiger partial charge on any atom is 0.416 e. The van der Waals surface area contributed by atoms with Crippen LogP contribution in [0.4, 0.5) is 13.2 Å². The summed E-state index contributed by atoms with van der Waals surface area (Å²) in [6, 6.07) is 4.36. The van der Waals surface area contributed by atoms with Crippen LogP contribution in [0.5, 0.6) is 0 Å². The number of benzene rings is 1. The molecule has 112 valence electrons. The summed E-state index contributed by atoms with van der Waals surface area (Å²) in [6.07, 6.45) is -3.75. The van der Waals surface area contributed by atoms with E-state index in [0.29, 0.717) is 18.4 Å². The predicted molar refractivity (Wildman–Crippen MR) is 65.3 cm³/mol. The maximum atomic E-state index is 12.4. The van der Waals surface area contributed by atoms with Crippen LogP contribution >= 0.6 is 0 Å². The van der Waals surface area contributed by atoms with Gasteiger partial charge in [0.05, 0.1) is 5.56 Å². The number of aliphatic carboxylic acids is 1. The van der Waals surface area contributed by atoms with Crippen LogP contribution in [0.2, 0.25) is 0 Å². The molecule has 2 aromatic rings. The monoisotopic (exact) mass is 300 g/mol. The van der Waals surface area contributed by atoms with Crippen LogP contribution < -0.4 is 0 Å². The first kappa shape index (κ1) is 15.0. The van der Waals surface area contributed by atoms with Crippen LogP contribution in [0.15, 0.2) is 28.7 Å². The van der Waals surface area contributed by atoms with E-state index >= 15 is 0 Å². The molecule has 0 saturated heterocycles. The van der Waals surface area contributed by atoms with Gasteiger partial charge in [-0.15, -0.1) is 10.2 Å². The first-order valence-corrected chi connectivity index (χ1v) is 6.08. The molecule has 21 heavy (non-hydrogen) atoms. The molecule has 1 aromatic heterocycles. The number of halogens is 3. The fraction of sp³-hybridized carbons (Fsp3) is 0.308. The molecule has 5 nitrogen and oxygen atoms in total. The highest BCUT2D eigenvalue weighted by Gasteiger charge is 2.30. The van der Waals surface area contributed by atoms with Gasteiger partial charge in [0.1, 0.15) is 0 Å². The molecule has 0 atom stereocenters. The summed E-state index contributed by atoms with van der Waals surface area (Å²) in [4.78, 5) is 10.4. The zero-order chi connectivity index (χ0) is 15.5. The van der Waals surface area contributed by atoms with Crippen molar-refractivity contribution in [1.29, 1.82) is 0 Å². The molecule has 1 heterocycles. The number of carboxylic acids is 1. The third-order valence-electron chi connectivity index (χ3n) is 2.71. The average molecular weight is 300 g/mol. The molecule has 0 aliphatic heterocycles. The van der Waals surface area contributed by atoms with E-state index in [0.717, 1.165) is 12.1 Å². The lowest BCUT2D eigenvalue weighted by atomic mass is 10.1. The molecule has 1 N–H and O–H groups in total. The predicted octanol–water partition coefficient (Wildman–Crippen LogP) is 3.16. The fourth-order valence-electron chi connectivity index (χ4n) is 1.66. The van der Waals surface area contributed by atoms with E-state index in [1.807, 2.05) is 0 Å². The summed E-state index contributed by atoms with van der Waals surface area (Å²) in [6.45, 7) is 0. The van der Waals surface area contributed by atoms with Crippen molar-refractivity contribution < 1.29 is 27.5 Å². The summed E-state index contributed by atoms with van der Waals surface area (Å²) >= 11 is 0. The van der Waals surface area contributed by atoms with Gasteiger partial charge in [-0.1, -0.05) is 0 Å². The van der Waals surface area contributed by atoms with Gasteiger partial charge >= 0.3 is 12.1 Å². The number of aromatic nitrogens is 2. The van der Waals surface area contributed by atoms with Crippen molar-refractivity contribution >= 4 is 5.97 Å². The van der Waals surface area contributed by atoms with Gasteiger partial charge in [0.2, 0.25) is 11.8 Å². The molecular formula is C13H11F3N2O3. The minimum atomic E-state index is -4.39. The van der Waals surface area contributed by atoms with Crippen LogP contribution in [0.3, 0.4) is 0 Å². The summed E-state index contributed by atoms with van der Waals surface area (Å²) < 4.78 is 42.6. The van der Waals surface area contributed by atoms with Gasteiger partial charge in [-0.3, -0.25) is 4.79 Å². The van der Waals surface area contributed by atoms with Crippen LogP contribution in [-0.2, 0) is 17.4 Å². The molecule has 8 heteroatoms. The van der Waals surface area contributed by atoms with Crippen molar-refractivity contribution in [3.63, 3.8) is 0 Å². The molecule has 0 amide bonds. The summed E-state index contributed by atoms with van der Waals surface area (Å²) in [7, 11) is 0. The largest absolute Gasteiger partial charge is 0.481 e. The Hall–Kier alpha value is -2.38. The number of alkyl halides is 3. The zero-order valence-corrected chi connectivity index (χ0v) is 10.7. The Kier molecular flexibility index (Phi) is 4.25. The van der Waals surface area contributed by atoms with Crippen LogP contribution in [0.1, 0.15) is 24.3 Å². The van der Waals surface area contributed by atoms with E-state index in [1.54, 1.807) is 0 Å². The summed E-state index contributed by atoms with van der Waals surface area (Å²) in [5.41, 5.74) is -0.382. The van der Waals surface area contributed by atoms with Gasteiger partial charge in [-0.05, 0) is 30.7 Å². The van der Waals surface area contributed by atoms with Gasteiger partial charge in [-0.25, -0.2) is 0 Å². The topological polar surface area (TPSA) is 76.2 Å². The Morgan fingerprint density at radius 3 is 2.43 bits per heavy atom. The summed E-state index contributed by atoms with van der Waals surface area (Å²) in [5, 5.41) is 16.0. The molecule has 0 aliphatic rings. The number of hydrogen-bond acceptors (Lipinski definition) is 4. The molecule has 0 fully saturated rings. The fourth-order valence-corrected chi connectivity index (χ4v) is 1.66. The van der Waals surface area contributed by atoms with E-state index in [9.17, 15) is 18.0 Å². The first-order valence-electron chi connectivity index (χ1n) is 6.08. The second-order valence-corrected chi connectivity index (χ2v) is 4.32. The third kappa shape index (κ3) is 4.04. The number of nitrogens with zero attached hydrogens (tertiary/aromatic N) is 2. The Balaban J connectivity index is 2.05. The minimum Gasteiger partial charge on any atom is -0.481 e. The van der Waals surface area contributed by atoms with E-state index in [1.165, 1.54) is 12.1 Å². The number of carbonyl (C=O) groups is 1. The lowest BCUT2D eigenvalue weighted by molar-refractivity contribution is -0.138. The van der Waals surface area contributed by atoms with E-state index in [-0.39, 0.29) is 18.2 Å². The first-order chi connectivity index (χ1) is 9.86.